The molecule has 0 saturated carbocycles. The van der Waals surface area contributed by atoms with E-state index in [2.05, 4.69) is 0 Å². The monoisotopic (exact) mass is 231 g/mol. The quantitative estimate of drug-likeness (QED) is 0.599. The Hall–Kier alpha value is -0.220. The smallest absolute Gasteiger partial charge is 0.0834 e. The van der Waals surface area contributed by atoms with Crippen LogP contribution in [0.3, 0.4) is 0 Å². The van der Waals surface area contributed by atoms with Gasteiger partial charge in [-0.05, 0) is 12.1 Å². The first kappa shape index (κ1) is 11.9. The largest absolute Gasteiger partial charge is 0.390 e. The van der Waals surface area contributed by atoms with Gasteiger partial charge in [0.1, 0.15) is 0 Å². The molecule has 14 heavy (non-hydrogen) atoms. The lowest BCUT2D eigenvalue weighted by Gasteiger charge is -2.15. The summed E-state index contributed by atoms with van der Waals surface area (Å²) in [4.78, 5) is 1.16. The zero-order valence-electron chi connectivity index (χ0n) is 7.77. The van der Waals surface area contributed by atoms with Gasteiger partial charge in [-0.15, -0.1) is 23.4 Å². The molecule has 3 N–H and O–H groups in total. The minimum absolute atomic E-state index is 0.191. The number of thioether (sulfide) groups is 1. The van der Waals surface area contributed by atoms with Crippen LogP contribution in [0.1, 0.15) is 0 Å². The summed E-state index contributed by atoms with van der Waals surface area (Å²) in [5, 5.41) is 9.33. The van der Waals surface area contributed by atoms with Crippen LogP contribution in [0.25, 0.3) is 0 Å². The van der Waals surface area contributed by atoms with Gasteiger partial charge < -0.3 is 10.8 Å². The van der Waals surface area contributed by atoms with E-state index < -0.39 is 6.10 Å². The van der Waals surface area contributed by atoms with E-state index in [9.17, 15) is 5.11 Å². The van der Waals surface area contributed by atoms with Crippen molar-refractivity contribution in [1.29, 1.82) is 0 Å². The van der Waals surface area contributed by atoms with Gasteiger partial charge in [-0.2, -0.15) is 0 Å². The molecule has 78 valence electrons. The highest BCUT2D eigenvalue weighted by atomic mass is 35.5. The minimum atomic E-state index is -0.618. The van der Waals surface area contributed by atoms with E-state index in [1.165, 1.54) is 0 Å². The van der Waals surface area contributed by atoms with Crippen molar-refractivity contribution < 1.29 is 5.11 Å². The minimum Gasteiger partial charge on any atom is -0.390 e. The standard InChI is InChI=1S/C10H14ClNOS/c11-6-10(13)9(12)7-14-8-4-2-1-3-5-8/h1-5,9-10,13H,6-7,12H2. The summed E-state index contributed by atoms with van der Waals surface area (Å²) in [7, 11) is 0. The predicted octanol–water partition coefficient (Wildman–Crippen LogP) is 1.71. The Morgan fingerprint density at radius 2 is 2.00 bits per heavy atom. The van der Waals surface area contributed by atoms with Crippen molar-refractivity contribution in [2.75, 3.05) is 11.6 Å². The van der Waals surface area contributed by atoms with E-state index in [1.54, 1.807) is 11.8 Å². The molecule has 0 aromatic heterocycles. The first-order valence-corrected chi connectivity index (χ1v) is 5.93. The summed E-state index contributed by atoms with van der Waals surface area (Å²) in [6, 6.07) is 9.70. The molecule has 2 atom stereocenters. The molecule has 4 heteroatoms. The Morgan fingerprint density at radius 1 is 1.36 bits per heavy atom. The van der Waals surface area contributed by atoms with E-state index in [4.69, 9.17) is 17.3 Å². The van der Waals surface area contributed by atoms with Gasteiger partial charge in [-0.3, -0.25) is 0 Å². The van der Waals surface area contributed by atoms with Crippen LogP contribution in [0.4, 0.5) is 0 Å². The molecule has 1 aromatic carbocycles. The lowest BCUT2D eigenvalue weighted by molar-refractivity contribution is 0.175. The molecule has 0 fully saturated rings. The van der Waals surface area contributed by atoms with Gasteiger partial charge in [-0.25, -0.2) is 0 Å². The molecule has 1 rings (SSSR count). The number of nitrogens with two attached hydrogens (primary N) is 1. The van der Waals surface area contributed by atoms with Crippen molar-refractivity contribution in [3.8, 4) is 0 Å². The Labute approximate surface area is 93.5 Å². The average molecular weight is 232 g/mol. The van der Waals surface area contributed by atoms with Crippen LogP contribution in [0, 0.1) is 0 Å². The van der Waals surface area contributed by atoms with Crippen molar-refractivity contribution in [3.05, 3.63) is 30.3 Å². The van der Waals surface area contributed by atoms with Gasteiger partial charge in [0, 0.05) is 22.6 Å². The lowest BCUT2D eigenvalue weighted by Crippen LogP contribution is -2.37. The Bertz CT molecular complexity index is 258. The molecule has 0 spiro atoms. The topological polar surface area (TPSA) is 46.2 Å². The third-order valence-electron chi connectivity index (χ3n) is 1.84. The van der Waals surface area contributed by atoms with Crippen LogP contribution in [-0.2, 0) is 0 Å². The fourth-order valence-corrected chi connectivity index (χ4v) is 2.12. The molecule has 0 amide bonds. The molecule has 0 aliphatic rings. The van der Waals surface area contributed by atoms with Crippen molar-refractivity contribution in [2.24, 2.45) is 5.73 Å². The molecule has 1 aromatic rings. The van der Waals surface area contributed by atoms with E-state index in [1.807, 2.05) is 30.3 Å². The zero-order chi connectivity index (χ0) is 10.4. The van der Waals surface area contributed by atoms with Gasteiger partial charge in [-0.1, -0.05) is 18.2 Å². The maximum absolute atomic E-state index is 9.33. The van der Waals surface area contributed by atoms with Crippen LogP contribution in [0.2, 0.25) is 0 Å². The number of halogens is 1. The van der Waals surface area contributed by atoms with Crippen LogP contribution >= 0.6 is 23.4 Å². The molecular formula is C10H14ClNOS. The number of alkyl halides is 1. The molecule has 0 heterocycles. The second kappa shape index (κ2) is 6.30. The molecule has 0 radical (unpaired) electrons. The Balaban J connectivity index is 2.34. The van der Waals surface area contributed by atoms with Crippen molar-refractivity contribution in [3.63, 3.8) is 0 Å². The molecule has 2 nitrogen and oxygen atoms in total. The SMILES string of the molecule is NC(CSc1ccccc1)C(O)CCl. The van der Waals surface area contributed by atoms with Crippen LogP contribution < -0.4 is 5.73 Å². The highest BCUT2D eigenvalue weighted by Crippen LogP contribution is 2.18. The Morgan fingerprint density at radius 3 is 2.57 bits per heavy atom. The summed E-state index contributed by atoms with van der Waals surface area (Å²) in [5.74, 6) is 0.869. The fraction of sp³-hybridized carbons (Fsp3) is 0.400. The van der Waals surface area contributed by atoms with Gasteiger partial charge >= 0.3 is 0 Å². The van der Waals surface area contributed by atoms with E-state index >= 15 is 0 Å². The molecule has 0 aliphatic carbocycles. The van der Waals surface area contributed by atoms with Crippen LogP contribution in [0.15, 0.2) is 35.2 Å². The number of hydrogen-bond acceptors (Lipinski definition) is 3. The third kappa shape index (κ3) is 3.88. The number of hydrogen-bond donors (Lipinski definition) is 2. The summed E-state index contributed by atoms with van der Waals surface area (Å²) in [6.45, 7) is 0. The van der Waals surface area contributed by atoms with Crippen LogP contribution in [0.5, 0.6) is 0 Å². The molecular weight excluding hydrogens is 218 g/mol. The van der Waals surface area contributed by atoms with Crippen molar-refractivity contribution in [1.82, 2.24) is 0 Å². The van der Waals surface area contributed by atoms with Gasteiger partial charge in [0.05, 0.1) is 6.10 Å². The summed E-state index contributed by atoms with van der Waals surface area (Å²) in [6.07, 6.45) is -0.618. The van der Waals surface area contributed by atoms with Crippen molar-refractivity contribution >= 4 is 23.4 Å². The van der Waals surface area contributed by atoms with Gasteiger partial charge in [0.25, 0.3) is 0 Å². The highest BCUT2D eigenvalue weighted by molar-refractivity contribution is 7.99. The molecule has 2 unspecified atom stereocenters. The third-order valence-corrected chi connectivity index (χ3v) is 3.31. The summed E-state index contributed by atoms with van der Waals surface area (Å²) >= 11 is 7.12. The first-order chi connectivity index (χ1) is 6.74. The van der Waals surface area contributed by atoms with Gasteiger partial charge in [0.2, 0.25) is 0 Å². The van der Waals surface area contributed by atoms with E-state index in [0.29, 0.717) is 5.75 Å². The lowest BCUT2D eigenvalue weighted by atomic mass is 10.2. The number of aliphatic hydroxyl groups is 1. The van der Waals surface area contributed by atoms with Crippen LogP contribution in [-0.4, -0.2) is 28.9 Å². The maximum Gasteiger partial charge on any atom is 0.0834 e. The average Bonchev–Trinajstić information content (AvgIpc) is 2.26. The fourth-order valence-electron chi connectivity index (χ4n) is 0.935. The first-order valence-electron chi connectivity index (χ1n) is 4.41. The highest BCUT2D eigenvalue weighted by Gasteiger charge is 2.13. The molecule has 0 bridgehead atoms. The van der Waals surface area contributed by atoms with Gasteiger partial charge in [0.15, 0.2) is 0 Å². The maximum atomic E-state index is 9.33. The predicted molar refractivity (Wildman–Crippen MR) is 61.9 cm³/mol. The zero-order valence-corrected chi connectivity index (χ0v) is 9.34. The summed E-state index contributed by atoms with van der Waals surface area (Å²) < 4.78 is 0. The number of benzene rings is 1. The van der Waals surface area contributed by atoms with E-state index in [0.717, 1.165) is 4.90 Å². The second-order valence-electron chi connectivity index (χ2n) is 3.01. The molecule has 0 saturated heterocycles. The van der Waals surface area contributed by atoms with Crippen molar-refractivity contribution in [2.45, 2.75) is 17.0 Å². The summed E-state index contributed by atoms with van der Waals surface area (Å²) in [5.41, 5.74) is 5.72. The Kier molecular flexibility index (Phi) is 5.33. The number of aliphatic hydroxyl groups excluding tert-OH is 1. The second-order valence-corrected chi connectivity index (χ2v) is 4.41. The normalized spacial score (nSPS) is 15.1. The number of rotatable bonds is 5. The van der Waals surface area contributed by atoms with E-state index in [-0.39, 0.29) is 11.9 Å². The molecule has 0 aliphatic heterocycles.